The third kappa shape index (κ3) is 4.90. The van der Waals surface area contributed by atoms with Gasteiger partial charge in [0, 0.05) is 43.5 Å². The Bertz CT molecular complexity index is 1510. The molecule has 5 aromatic rings. The largest absolute Gasteiger partial charge is 0.353 e. The van der Waals surface area contributed by atoms with Crippen LogP contribution in [0, 0.1) is 0 Å². The van der Waals surface area contributed by atoms with Crippen molar-refractivity contribution in [1.29, 1.82) is 0 Å². The second-order valence-electron chi connectivity index (χ2n) is 8.12. The first-order chi connectivity index (χ1) is 16.5. The summed E-state index contributed by atoms with van der Waals surface area (Å²) in [6, 6.07) is 22.9. The van der Waals surface area contributed by atoms with Crippen LogP contribution >= 0.6 is 34.8 Å². The smallest absolute Gasteiger partial charge is 0.224 e. The Kier molecular flexibility index (Phi) is 6.46. The van der Waals surface area contributed by atoms with Gasteiger partial charge in [0.15, 0.2) is 0 Å². The van der Waals surface area contributed by atoms with Crippen molar-refractivity contribution in [2.75, 3.05) is 5.32 Å². The van der Waals surface area contributed by atoms with Crippen LogP contribution in [-0.2, 0) is 11.2 Å². The number of H-pyrrole nitrogens is 1. The summed E-state index contributed by atoms with van der Waals surface area (Å²) in [4.78, 5) is 20.9. The van der Waals surface area contributed by atoms with Crippen LogP contribution in [0.4, 0.5) is 5.69 Å². The Morgan fingerprint density at radius 1 is 0.882 bits per heavy atom. The van der Waals surface area contributed by atoms with E-state index < -0.39 is 0 Å². The molecule has 0 spiro atoms. The summed E-state index contributed by atoms with van der Waals surface area (Å²) < 4.78 is 0. The molecule has 0 aliphatic heterocycles. The van der Waals surface area contributed by atoms with Crippen molar-refractivity contribution in [1.82, 2.24) is 9.97 Å². The van der Waals surface area contributed by atoms with Crippen LogP contribution < -0.4 is 5.32 Å². The monoisotopic (exact) mass is 507 g/mol. The summed E-state index contributed by atoms with van der Waals surface area (Å²) in [5, 5.41) is 6.62. The number of hydrogen-bond acceptors (Lipinski definition) is 2. The van der Waals surface area contributed by atoms with E-state index in [9.17, 15) is 4.79 Å². The molecule has 0 saturated heterocycles. The van der Waals surface area contributed by atoms with Gasteiger partial charge in [-0.05, 0) is 66.9 Å². The normalized spacial score (nSPS) is 11.3. The lowest BCUT2D eigenvalue weighted by Gasteiger charge is -2.08. The number of pyridine rings is 1. The predicted octanol–water partition coefficient (Wildman–Crippen LogP) is 8.30. The number of carbonyl (C=O) groups excluding carboxylic acids is 1. The first kappa shape index (κ1) is 22.7. The van der Waals surface area contributed by atoms with Crippen molar-refractivity contribution in [3.8, 4) is 11.4 Å². The van der Waals surface area contributed by atoms with Gasteiger partial charge in [-0.15, -0.1) is 0 Å². The summed E-state index contributed by atoms with van der Waals surface area (Å²) >= 11 is 18.4. The number of aryl methyl sites for hydroxylation is 1. The van der Waals surface area contributed by atoms with Crippen LogP contribution in [0.3, 0.4) is 0 Å². The molecule has 0 unspecified atom stereocenters. The molecule has 2 aromatic heterocycles. The third-order valence-corrected chi connectivity index (χ3v) is 6.37. The van der Waals surface area contributed by atoms with Gasteiger partial charge in [0.25, 0.3) is 0 Å². The minimum Gasteiger partial charge on any atom is -0.353 e. The molecule has 170 valence electrons. The van der Waals surface area contributed by atoms with Crippen LogP contribution in [0.15, 0.2) is 72.8 Å². The second kappa shape index (κ2) is 9.67. The number of nitrogens with zero attached hydrogens (tertiary/aromatic N) is 1. The maximum Gasteiger partial charge on any atom is 0.224 e. The average molecular weight is 509 g/mol. The van der Waals surface area contributed by atoms with Gasteiger partial charge >= 0.3 is 0 Å². The zero-order valence-electron chi connectivity index (χ0n) is 18.0. The molecule has 0 bridgehead atoms. The van der Waals surface area contributed by atoms with Crippen LogP contribution in [0.2, 0.25) is 15.1 Å². The Balaban J connectivity index is 1.40. The van der Waals surface area contributed by atoms with E-state index in [1.54, 1.807) is 18.2 Å². The van der Waals surface area contributed by atoms with E-state index in [2.05, 4.69) is 16.4 Å². The molecule has 2 N–H and O–H groups in total. The Morgan fingerprint density at radius 3 is 2.50 bits per heavy atom. The van der Waals surface area contributed by atoms with E-state index >= 15 is 0 Å². The minimum atomic E-state index is -0.0958. The lowest BCUT2D eigenvalue weighted by Crippen LogP contribution is -2.11. The molecule has 2 heterocycles. The van der Waals surface area contributed by atoms with Crippen LogP contribution in [-0.4, -0.2) is 15.9 Å². The highest BCUT2D eigenvalue weighted by atomic mass is 35.5. The average Bonchev–Trinajstić information content (AvgIpc) is 3.15. The SMILES string of the molecule is O=C(CCCc1c(-c2ccc3ccccc3n2)[nH]c2ccc(Cl)cc12)Nc1cc(Cl)cc(Cl)c1. The van der Waals surface area contributed by atoms with E-state index in [1.807, 2.05) is 48.5 Å². The number of para-hydroxylation sites is 1. The second-order valence-corrected chi connectivity index (χ2v) is 9.43. The van der Waals surface area contributed by atoms with Gasteiger partial charge in [0.05, 0.1) is 16.9 Å². The van der Waals surface area contributed by atoms with Crippen molar-refractivity contribution >= 4 is 68.2 Å². The van der Waals surface area contributed by atoms with Crippen molar-refractivity contribution < 1.29 is 4.79 Å². The molecule has 3 aromatic carbocycles. The fourth-order valence-corrected chi connectivity index (χ4v) is 4.88. The molecule has 0 radical (unpaired) electrons. The first-order valence-electron chi connectivity index (χ1n) is 10.9. The number of rotatable bonds is 6. The number of halogens is 3. The molecular formula is C27H20Cl3N3O. The highest BCUT2D eigenvalue weighted by Gasteiger charge is 2.16. The fourth-order valence-electron chi connectivity index (χ4n) is 4.18. The molecule has 0 fully saturated rings. The quantitative estimate of drug-likeness (QED) is 0.242. The molecule has 0 atom stereocenters. The Hall–Kier alpha value is -3.05. The molecule has 0 aliphatic carbocycles. The number of aromatic amines is 1. The molecular weight excluding hydrogens is 489 g/mol. The number of fused-ring (bicyclic) bond motifs is 2. The number of amides is 1. The maximum atomic E-state index is 12.5. The van der Waals surface area contributed by atoms with Gasteiger partial charge in [0.1, 0.15) is 0 Å². The number of aromatic nitrogens is 2. The van der Waals surface area contributed by atoms with Crippen molar-refractivity contribution in [2.24, 2.45) is 0 Å². The van der Waals surface area contributed by atoms with E-state index in [-0.39, 0.29) is 5.91 Å². The number of hydrogen-bond donors (Lipinski definition) is 2. The highest BCUT2D eigenvalue weighted by molar-refractivity contribution is 6.35. The van der Waals surface area contributed by atoms with Crippen LogP contribution in [0.5, 0.6) is 0 Å². The fraction of sp³-hybridized carbons (Fsp3) is 0.111. The van der Waals surface area contributed by atoms with Gasteiger partial charge in [0.2, 0.25) is 5.91 Å². The topological polar surface area (TPSA) is 57.8 Å². The summed E-state index contributed by atoms with van der Waals surface area (Å²) in [5.74, 6) is -0.0958. The van der Waals surface area contributed by atoms with E-state index in [4.69, 9.17) is 39.8 Å². The number of nitrogens with one attached hydrogen (secondary N) is 2. The molecule has 34 heavy (non-hydrogen) atoms. The number of benzene rings is 3. The predicted molar refractivity (Wildman–Crippen MR) is 142 cm³/mol. The molecule has 0 aliphatic rings. The molecule has 5 rings (SSSR count). The van der Waals surface area contributed by atoms with Crippen LogP contribution in [0.25, 0.3) is 33.2 Å². The van der Waals surface area contributed by atoms with Gasteiger partial charge in [-0.3, -0.25) is 4.79 Å². The Morgan fingerprint density at radius 2 is 1.68 bits per heavy atom. The van der Waals surface area contributed by atoms with Gasteiger partial charge in [-0.25, -0.2) is 4.98 Å². The summed E-state index contributed by atoms with van der Waals surface area (Å²) in [6.45, 7) is 0. The minimum absolute atomic E-state index is 0.0958. The number of anilines is 1. The highest BCUT2D eigenvalue weighted by Crippen LogP contribution is 2.33. The lowest BCUT2D eigenvalue weighted by atomic mass is 10.0. The summed E-state index contributed by atoms with van der Waals surface area (Å²) in [7, 11) is 0. The zero-order valence-corrected chi connectivity index (χ0v) is 20.3. The van der Waals surface area contributed by atoms with E-state index in [0.717, 1.165) is 38.8 Å². The van der Waals surface area contributed by atoms with E-state index in [1.165, 1.54) is 0 Å². The van der Waals surface area contributed by atoms with E-state index in [0.29, 0.717) is 40.0 Å². The molecule has 1 amide bonds. The van der Waals surface area contributed by atoms with Crippen LogP contribution in [0.1, 0.15) is 18.4 Å². The molecule has 4 nitrogen and oxygen atoms in total. The van der Waals surface area contributed by atoms with Crippen molar-refractivity contribution in [3.63, 3.8) is 0 Å². The Labute approximate surface area is 211 Å². The molecule has 7 heteroatoms. The standard InChI is InChI=1S/C27H20Cl3N3O/c28-17-9-11-24-22(15-17)21(5-3-7-26(34)31-20-13-18(29)12-19(30)14-20)27(33-24)25-10-8-16-4-1-2-6-23(16)32-25/h1-2,4,6,8-15,33H,3,5,7H2,(H,31,34). The molecule has 0 saturated carbocycles. The van der Waals surface area contributed by atoms with Crippen molar-refractivity contribution in [2.45, 2.75) is 19.3 Å². The van der Waals surface area contributed by atoms with Gasteiger partial charge in [-0.1, -0.05) is 59.1 Å². The van der Waals surface area contributed by atoms with Crippen molar-refractivity contribution in [3.05, 3.63) is 93.4 Å². The van der Waals surface area contributed by atoms with Gasteiger partial charge < -0.3 is 10.3 Å². The van der Waals surface area contributed by atoms with Gasteiger partial charge in [-0.2, -0.15) is 0 Å². The maximum absolute atomic E-state index is 12.5. The first-order valence-corrected chi connectivity index (χ1v) is 12.0. The number of carbonyl (C=O) groups is 1. The zero-order chi connectivity index (χ0) is 23.7. The lowest BCUT2D eigenvalue weighted by molar-refractivity contribution is -0.116. The summed E-state index contributed by atoms with van der Waals surface area (Å²) in [6.07, 6.45) is 1.69. The third-order valence-electron chi connectivity index (χ3n) is 5.70. The summed E-state index contributed by atoms with van der Waals surface area (Å²) in [5.41, 5.74) is 5.41.